The van der Waals surface area contributed by atoms with Crippen LogP contribution in [0.2, 0.25) is 0 Å². The molecule has 1 aromatic rings. The first kappa shape index (κ1) is 15.5. The molecule has 2 N–H and O–H groups in total. The van der Waals surface area contributed by atoms with Crippen LogP contribution in [0.15, 0.2) is 28.0 Å². The molecule has 0 heterocycles. The molecule has 0 saturated heterocycles. The molecular formula is C9H13O6PS2. The highest BCUT2D eigenvalue weighted by molar-refractivity contribution is 7.89. The standard InChI is InChI=1S/C9H13O6PS2/c1-2-6-16-7-4-3-5-8(17(10,11)12)9(7)18(13,14)15/h3-5,16H,2,6H2,1H3,(H,10,11,12)(H,13,14,15). The fourth-order valence-electron chi connectivity index (χ4n) is 1.38. The maximum atomic E-state index is 11.3. The van der Waals surface area contributed by atoms with Gasteiger partial charge in [-0.15, -0.1) is 0 Å². The van der Waals surface area contributed by atoms with Crippen molar-refractivity contribution in [2.45, 2.75) is 23.1 Å². The van der Waals surface area contributed by atoms with Gasteiger partial charge in [-0.3, -0.25) is 9.11 Å². The summed E-state index contributed by atoms with van der Waals surface area (Å²) in [6, 6.07) is 3.69. The lowest BCUT2D eigenvalue weighted by molar-refractivity contribution is 0.467. The van der Waals surface area contributed by atoms with Crippen molar-refractivity contribution in [3.8, 4) is 0 Å². The van der Waals surface area contributed by atoms with Gasteiger partial charge in [0, 0.05) is 0 Å². The van der Waals surface area contributed by atoms with Crippen molar-refractivity contribution in [1.29, 1.82) is 0 Å². The van der Waals surface area contributed by atoms with Gasteiger partial charge in [-0.05, 0) is 17.5 Å². The molecule has 1 atom stereocenters. The molecule has 18 heavy (non-hydrogen) atoms. The minimum absolute atomic E-state index is 0.0376. The van der Waals surface area contributed by atoms with Crippen molar-refractivity contribution >= 4 is 34.1 Å². The van der Waals surface area contributed by atoms with Gasteiger partial charge in [-0.25, -0.2) is 0 Å². The number of benzene rings is 1. The molecule has 1 aromatic carbocycles. The monoisotopic (exact) mass is 312 g/mol. The molecule has 0 amide bonds. The fourth-order valence-corrected chi connectivity index (χ4v) is 5.00. The second-order valence-corrected chi connectivity index (χ2v) is 7.65. The van der Waals surface area contributed by atoms with Gasteiger partial charge < -0.3 is 0 Å². The first-order valence-corrected chi connectivity index (χ1v) is 9.08. The lowest BCUT2D eigenvalue weighted by atomic mass is 10.4. The number of hydrogen-bond donors (Lipinski definition) is 2. The molecule has 6 nitrogen and oxygen atoms in total. The number of hydrogen-bond acceptors (Lipinski definition) is 4. The summed E-state index contributed by atoms with van der Waals surface area (Å²) in [5.41, 5.74) is 0. The van der Waals surface area contributed by atoms with Gasteiger partial charge in [0.05, 0.1) is 0 Å². The van der Waals surface area contributed by atoms with Crippen LogP contribution < -0.4 is 5.30 Å². The van der Waals surface area contributed by atoms with Crippen molar-refractivity contribution in [3.05, 3.63) is 18.2 Å². The molecule has 0 saturated carbocycles. The molecule has 1 unspecified atom stereocenters. The van der Waals surface area contributed by atoms with E-state index >= 15 is 0 Å². The van der Waals surface area contributed by atoms with E-state index in [1.165, 1.54) is 12.1 Å². The summed E-state index contributed by atoms with van der Waals surface area (Å²) in [7, 11) is -9.37. The Kier molecular flexibility index (Phi) is 4.85. The molecule has 0 spiro atoms. The predicted molar refractivity (Wildman–Crippen MR) is 69.2 cm³/mol. The minimum Gasteiger partial charge on any atom is -0.282 e. The molecule has 1 rings (SSSR count). The molecule has 0 radical (unpaired) electrons. The maximum absolute atomic E-state index is 11.3. The average molecular weight is 312 g/mol. The molecule has 9 heteroatoms. The van der Waals surface area contributed by atoms with Gasteiger partial charge in [-0.1, -0.05) is 34.1 Å². The van der Waals surface area contributed by atoms with E-state index < -0.39 is 30.0 Å². The van der Waals surface area contributed by atoms with E-state index in [0.29, 0.717) is 6.16 Å². The highest BCUT2D eigenvalue weighted by atomic mass is 32.2. The van der Waals surface area contributed by atoms with Crippen LogP contribution >= 0.6 is 8.58 Å². The van der Waals surface area contributed by atoms with Crippen LogP contribution in [-0.4, -0.2) is 32.1 Å². The van der Waals surface area contributed by atoms with Crippen LogP contribution in [0.25, 0.3) is 0 Å². The molecule has 0 aromatic heterocycles. The Morgan fingerprint density at radius 2 is 1.72 bits per heavy atom. The lowest BCUT2D eigenvalue weighted by Gasteiger charge is -2.10. The fraction of sp³-hybridized carbons (Fsp3) is 0.333. The first-order chi connectivity index (χ1) is 8.18. The lowest BCUT2D eigenvalue weighted by Crippen LogP contribution is -2.17. The van der Waals surface area contributed by atoms with Crippen LogP contribution in [0.4, 0.5) is 0 Å². The quantitative estimate of drug-likeness (QED) is 0.617. The van der Waals surface area contributed by atoms with Crippen LogP contribution in [0.1, 0.15) is 13.3 Å². The Hall–Kier alpha value is -0.530. The smallest absolute Gasteiger partial charge is 0.282 e. The third kappa shape index (κ3) is 3.73. The summed E-state index contributed by atoms with van der Waals surface area (Å²) < 4.78 is 62.9. The Balaban J connectivity index is 3.56. The van der Waals surface area contributed by atoms with Gasteiger partial charge in [0.15, 0.2) is 0 Å². The van der Waals surface area contributed by atoms with E-state index in [2.05, 4.69) is 0 Å². The average Bonchev–Trinajstić information content (AvgIpc) is 2.23. The third-order valence-electron chi connectivity index (χ3n) is 2.08. The van der Waals surface area contributed by atoms with Gasteiger partial charge in [0.1, 0.15) is 9.79 Å². The molecule has 0 fully saturated rings. The summed E-state index contributed by atoms with van der Waals surface area (Å²) >= 11 is 0. The van der Waals surface area contributed by atoms with Gasteiger partial charge in [0.25, 0.3) is 20.2 Å². The Labute approximate surface area is 108 Å². The number of rotatable bonds is 5. The topological polar surface area (TPSA) is 109 Å². The van der Waals surface area contributed by atoms with Crippen molar-refractivity contribution in [1.82, 2.24) is 0 Å². The van der Waals surface area contributed by atoms with E-state index in [1.807, 2.05) is 6.92 Å². The third-order valence-corrected chi connectivity index (χ3v) is 5.79. The summed E-state index contributed by atoms with van der Waals surface area (Å²) in [5.74, 6) is 0. The highest BCUT2D eigenvalue weighted by Crippen LogP contribution is 2.24. The Bertz CT molecular complexity index is 635. The van der Waals surface area contributed by atoms with Gasteiger partial charge in [-0.2, -0.15) is 16.8 Å². The molecule has 0 aliphatic heterocycles. The SMILES string of the molecule is CCCPc1cccc(S(=O)(=O)O)c1S(=O)(=O)O. The Morgan fingerprint density at radius 3 is 2.17 bits per heavy atom. The summed E-state index contributed by atoms with van der Waals surface area (Å²) in [6.45, 7) is 1.90. The van der Waals surface area contributed by atoms with E-state index in [0.717, 1.165) is 12.5 Å². The zero-order valence-electron chi connectivity index (χ0n) is 9.49. The van der Waals surface area contributed by atoms with E-state index in [-0.39, 0.29) is 13.9 Å². The van der Waals surface area contributed by atoms with Crippen molar-refractivity contribution < 1.29 is 25.9 Å². The second-order valence-electron chi connectivity index (χ2n) is 3.51. The van der Waals surface area contributed by atoms with Crippen LogP contribution in [0, 0.1) is 0 Å². The zero-order valence-corrected chi connectivity index (χ0v) is 12.1. The maximum Gasteiger partial charge on any atom is 0.296 e. The van der Waals surface area contributed by atoms with Crippen molar-refractivity contribution in [2.75, 3.05) is 6.16 Å². The molecule has 102 valence electrons. The second kappa shape index (κ2) is 5.63. The summed E-state index contributed by atoms with van der Waals surface area (Å²) in [5, 5.41) is 0.203. The van der Waals surface area contributed by atoms with E-state index in [9.17, 15) is 16.8 Å². The van der Waals surface area contributed by atoms with Crippen molar-refractivity contribution in [3.63, 3.8) is 0 Å². The summed E-state index contributed by atoms with van der Waals surface area (Å²) in [4.78, 5) is -1.51. The largest absolute Gasteiger partial charge is 0.296 e. The zero-order chi connectivity index (χ0) is 14.0. The van der Waals surface area contributed by atoms with Crippen LogP contribution in [0.5, 0.6) is 0 Å². The Morgan fingerprint density at radius 1 is 1.11 bits per heavy atom. The molecular weight excluding hydrogens is 299 g/mol. The summed E-state index contributed by atoms with van der Waals surface area (Å²) in [6.07, 6.45) is 1.46. The van der Waals surface area contributed by atoms with E-state index in [4.69, 9.17) is 9.11 Å². The van der Waals surface area contributed by atoms with E-state index in [1.54, 1.807) is 0 Å². The van der Waals surface area contributed by atoms with Crippen LogP contribution in [-0.2, 0) is 20.2 Å². The highest BCUT2D eigenvalue weighted by Gasteiger charge is 2.26. The molecule has 0 aliphatic rings. The molecule has 0 aliphatic carbocycles. The van der Waals surface area contributed by atoms with Gasteiger partial charge >= 0.3 is 0 Å². The van der Waals surface area contributed by atoms with Crippen molar-refractivity contribution in [2.24, 2.45) is 0 Å². The van der Waals surface area contributed by atoms with Gasteiger partial charge in [0.2, 0.25) is 0 Å². The predicted octanol–water partition coefficient (Wildman–Crippen LogP) is 0.894. The van der Waals surface area contributed by atoms with Crippen LogP contribution in [0.3, 0.4) is 0 Å². The minimum atomic E-state index is -4.71. The normalized spacial score (nSPS) is 13.3. The first-order valence-electron chi connectivity index (χ1n) is 4.99. The molecule has 0 bridgehead atoms.